The van der Waals surface area contributed by atoms with Crippen LogP contribution in [0.25, 0.3) is 0 Å². The molecular formula is C31H32O4. The molecule has 4 aromatic carbocycles. The van der Waals surface area contributed by atoms with Crippen LogP contribution in [0.4, 0.5) is 0 Å². The summed E-state index contributed by atoms with van der Waals surface area (Å²) in [7, 11) is 0. The third-order valence-corrected chi connectivity index (χ3v) is 6.49. The highest BCUT2D eigenvalue weighted by Crippen LogP contribution is 2.32. The number of phenols is 4. The molecule has 0 spiro atoms. The number of phenolic OH excluding ortho intramolecular Hbond substituents is 4. The Hall–Kier alpha value is -3.92. The normalized spacial score (nSPS) is 11.0. The van der Waals surface area contributed by atoms with Crippen molar-refractivity contribution in [3.63, 3.8) is 0 Å². The predicted molar refractivity (Wildman–Crippen MR) is 140 cm³/mol. The zero-order valence-corrected chi connectivity index (χ0v) is 20.3. The highest BCUT2D eigenvalue weighted by atomic mass is 16.3. The van der Waals surface area contributed by atoms with Crippen molar-refractivity contribution in [2.45, 2.75) is 46.0 Å². The van der Waals surface area contributed by atoms with E-state index in [1.54, 1.807) is 24.3 Å². The molecule has 0 fully saturated rings. The second-order valence-electron chi connectivity index (χ2n) is 9.10. The molecule has 0 aliphatic carbocycles. The van der Waals surface area contributed by atoms with E-state index >= 15 is 0 Å². The van der Waals surface area contributed by atoms with Crippen LogP contribution in [0.15, 0.2) is 72.8 Å². The summed E-state index contributed by atoms with van der Waals surface area (Å²) in [5, 5.41) is 40.8. The van der Waals surface area contributed by atoms with Crippen molar-refractivity contribution >= 4 is 0 Å². The summed E-state index contributed by atoms with van der Waals surface area (Å²) in [5.41, 5.74) is 7.81. The first kappa shape index (κ1) is 24.2. The van der Waals surface area contributed by atoms with Crippen molar-refractivity contribution in [1.29, 1.82) is 0 Å². The van der Waals surface area contributed by atoms with Gasteiger partial charge < -0.3 is 20.4 Å². The highest BCUT2D eigenvalue weighted by molar-refractivity contribution is 5.50. The van der Waals surface area contributed by atoms with E-state index in [0.29, 0.717) is 30.8 Å². The van der Waals surface area contributed by atoms with E-state index < -0.39 is 0 Å². The first-order valence-electron chi connectivity index (χ1n) is 12.1. The molecule has 0 atom stereocenters. The molecule has 4 aromatic rings. The number of rotatable bonds is 8. The monoisotopic (exact) mass is 468 g/mol. The molecule has 0 saturated heterocycles. The fourth-order valence-electron chi connectivity index (χ4n) is 4.58. The Kier molecular flexibility index (Phi) is 7.31. The Morgan fingerprint density at radius 2 is 0.771 bits per heavy atom. The molecule has 35 heavy (non-hydrogen) atoms. The van der Waals surface area contributed by atoms with Gasteiger partial charge in [-0.05, 0) is 88.0 Å². The standard InChI is InChI=1S/C31H32O4/c1-3-24-16-22(18-26(30(24)34)14-20-5-9-28(32)10-6-20)13-23-17-25(4-2)31(35)27(19-23)15-21-7-11-29(33)12-8-21/h5-12,16-19,32-35H,3-4,13-15H2,1-2H3. The lowest BCUT2D eigenvalue weighted by molar-refractivity contribution is 0.462. The third kappa shape index (κ3) is 5.78. The Bertz CT molecular complexity index is 1200. The molecule has 0 amide bonds. The number of aryl methyl sites for hydroxylation is 2. The van der Waals surface area contributed by atoms with Gasteiger partial charge in [-0.1, -0.05) is 62.4 Å². The van der Waals surface area contributed by atoms with Crippen LogP contribution in [0.5, 0.6) is 23.0 Å². The summed E-state index contributed by atoms with van der Waals surface area (Å²) in [6.45, 7) is 4.07. The molecule has 0 saturated carbocycles. The van der Waals surface area contributed by atoms with Gasteiger partial charge in [0.2, 0.25) is 0 Å². The fraction of sp³-hybridized carbons (Fsp3) is 0.226. The van der Waals surface area contributed by atoms with Gasteiger partial charge in [0.15, 0.2) is 0 Å². The van der Waals surface area contributed by atoms with Gasteiger partial charge in [0.1, 0.15) is 23.0 Å². The van der Waals surface area contributed by atoms with Gasteiger partial charge in [0.25, 0.3) is 0 Å². The van der Waals surface area contributed by atoms with E-state index in [1.165, 1.54) is 0 Å². The van der Waals surface area contributed by atoms with Gasteiger partial charge >= 0.3 is 0 Å². The number of hydrogen-bond donors (Lipinski definition) is 4. The predicted octanol–water partition coefficient (Wildman–Crippen LogP) is 6.41. The molecule has 0 radical (unpaired) electrons. The van der Waals surface area contributed by atoms with Crippen molar-refractivity contribution < 1.29 is 20.4 Å². The van der Waals surface area contributed by atoms with E-state index in [2.05, 4.69) is 24.3 Å². The maximum atomic E-state index is 10.8. The largest absolute Gasteiger partial charge is 0.508 e. The van der Waals surface area contributed by atoms with Gasteiger partial charge in [0, 0.05) is 12.8 Å². The van der Waals surface area contributed by atoms with Crippen molar-refractivity contribution in [3.8, 4) is 23.0 Å². The smallest absolute Gasteiger partial charge is 0.122 e. The van der Waals surface area contributed by atoms with Gasteiger partial charge in [0.05, 0.1) is 0 Å². The van der Waals surface area contributed by atoms with Crippen LogP contribution in [0.1, 0.15) is 58.4 Å². The zero-order valence-electron chi connectivity index (χ0n) is 20.3. The number of aromatic hydroxyl groups is 4. The molecule has 0 aliphatic rings. The Morgan fingerprint density at radius 3 is 1.11 bits per heavy atom. The van der Waals surface area contributed by atoms with E-state index in [1.807, 2.05) is 38.1 Å². The SMILES string of the molecule is CCc1cc(Cc2cc(CC)c(O)c(Cc3ccc(O)cc3)c2)cc(Cc2ccc(O)cc2)c1O. The topological polar surface area (TPSA) is 80.9 Å². The average molecular weight is 469 g/mol. The molecule has 0 aliphatic heterocycles. The average Bonchev–Trinajstić information content (AvgIpc) is 2.85. The van der Waals surface area contributed by atoms with Crippen molar-refractivity contribution in [2.24, 2.45) is 0 Å². The van der Waals surface area contributed by atoms with Crippen LogP contribution >= 0.6 is 0 Å². The van der Waals surface area contributed by atoms with Crippen molar-refractivity contribution in [2.75, 3.05) is 0 Å². The summed E-state index contributed by atoms with van der Waals surface area (Å²) in [6.07, 6.45) is 3.30. The third-order valence-electron chi connectivity index (χ3n) is 6.49. The highest BCUT2D eigenvalue weighted by Gasteiger charge is 2.14. The molecule has 4 N–H and O–H groups in total. The van der Waals surface area contributed by atoms with Gasteiger partial charge in [-0.2, -0.15) is 0 Å². The first-order valence-corrected chi connectivity index (χ1v) is 12.1. The van der Waals surface area contributed by atoms with Crippen molar-refractivity contribution in [3.05, 3.63) is 117 Å². The van der Waals surface area contributed by atoms with E-state index in [-0.39, 0.29) is 11.5 Å². The van der Waals surface area contributed by atoms with Crippen molar-refractivity contribution in [1.82, 2.24) is 0 Å². The van der Waals surface area contributed by atoms with Crippen LogP contribution in [-0.4, -0.2) is 20.4 Å². The Morgan fingerprint density at radius 1 is 0.429 bits per heavy atom. The molecule has 0 aromatic heterocycles. The van der Waals surface area contributed by atoms with Crippen LogP contribution in [0, 0.1) is 0 Å². The molecule has 0 heterocycles. The summed E-state index contributed by atoms with van der Waals surface area (Å²) < 4.78 is 0. The summed E-state index contributed by atoms with van der Waals surface area (Å²) in [5.74, 6) is 1.11. The minimum atomic E-state index is 0.225. The number of hydrogen-bond acceptors (Lipinski definition) is 4. The van der Waals surface area contributed by atoms with Gasteiger partial charge in [-0.3, -0.25) is 0 Å². The second-order valence-corrected chi connectivity index (χ2v) is 9.10. The minimum Gasteiger partial charge on any atom is -0.508 e. The Labute approximate surface area is 206 Å². The summed E-state index contributed by atoms with van der Waals surface area (Å²) >= 11 is 0. The lowest BCUT2D eigenvalue weighted by Crippen LogP contribution is -2.00. The zero-order chi connectivity index (χ0) is 24.9. The molecule has 4 nitrogen and oxygen atoms in total. The lowest BCUT2D eigenvalue weighted by Gasteiger charge is -2.15. The van der Waals surface area contributed by atoms with Crippen LogP contribution in [0.3, 0.4) is 0 Å². The summed E-state index contributed by atoms with van der Waals surface area (Å²) in [4.78, 5) is 0. The number of benzene rings is 4. The quantitative estimate of drug-likeness (QED) is 0.241. The van der Waals surface area contributed by atoms with E-state index in [4.69, 9.17) is 0 Å². The van der Waals surface area contributed by atoms with E-state index in [9.17, 15) is 20.4 Å². The first-order chi connectivity index (χ1) is 16.9. The maximum Gasteiger partial charge on any atom is 0.122 e. The molecule has 4 heteroatoms. The lowest BCUT2D eigenvalue weighted by atomic mass is 9.91. The second kappa shape index (κ2) is 10.6. The van der Waals surface area contributed by atoms with Gasteiger partial charge in [-0.15, -0.1) is 0 Å². The molecule has 0 bridgehead atoms. The molecular weight excluding hydrogens is 436 g/mol. The molecule has 4 rings (SSSR count). The van der Waals surface area contributed by atoms with E-state index in [0.717, 1.165) is 57.3 Å². The Balaban J connectivity index is 1.66. The molecule has 0 unspecified atom stereocenters. The van der Waals surface area contributed by atoms with Crippen LogP contribution < -0.4 is 0 Å². The van der Waals surface area contributed by atoms with Gasteiger partial charge in [-0.25, -0.2) is 0 Å². The van der Waals surface area contributed by atoms with Crippen LogP contribution in [0.2, 0.25) is 0 Å². The fourth-order valence-corrected chi connectivity index (χ4v) is 4.58. The summed E-state index contributed by atoms with van der Waals surface area (Å²) in [6, 6.07) is 22.4. The maximum absolute atomic E-state index is 10.8. The molecule has 180 valence electrons. The minimum absolute atomic E-state index is 0.225. The van der Waals surface area contributed by atoms with Crippen LogP contribution in [-0.2, 0) is 32.1 Å².